The molecule has 2 rings (SSSR count). The maximum atomic E-state index is 2.36. The van der Waals surface area contributed by atoms with Crippen LogP contribution in [0.15, 0.2) is 0 Å². The van der Waals surface area contributed by atoms with Crippen molar-refractivity contribution >= 4 is 0 Å². The Hall–Kier alpha value is 0. The Bertz CT molecular complexity index is 85.1. The fourth-order valence-electron chi connectivity index (χ4n) is 2.37. The molecule has 0 amide bonds. The van der Waals surface area contributed by atoms with E-state index in [1.54, 1.807) is 0 Å². The van der Waals surface area contributed by atoms with Gasteiger partial charge in [0.1, 0.15) is 0 Å². The molecule has 0 aromatic rings. The van der Waals surface area contributed by atoms with Crippen molar-refractivity contribution in [2.75, 3.05) is 0 Å². The monoisotopic (exact) mass is 242 g/mol. The Balaban J connectivity index is 0. The summed E-state index contributed by atoms with van der Waals surface area (Å²) in [6.45, 7) is 10.4. The van der Waals surface area contributed by atoms with Crippen LogP contribution in [0.2, 0.25) is 0 Å². The molecule has 106 valence electrons. The molecule has 2 fully saturated rings. The van der Waals surface area contributed by atoms with Crippen LogP contribution in [0.1, 0.15) is 105 Å². The van der Waals surface area contributed by atoms with Crippen LogP contribution >= 0.6 is 0 Å². The van der Waals surface area contributed by atoms with Gasteiger partial charge in [0.25, 0.3) is 0 Å². The van der Waals surface area contributed by atoms with Crippen LogP contribution in [0.4, 0.5) is 0 Å². The van der Waals surface area contributed by atoms with Gasteiger partial charge in [-0.1, -0.05) is 105 Å². The first kappa shape index (κ1) is 19.3. The van der Waals surface area contributed by atoms with Gasteiger partial charge in [0.2, 0.25) is 0 Å². The molecule has 17 heavy (non-hydrogen) atoms. The van der Waals surface area contributed by atoms with E-state index in [0.717, 1.165) is 5.92 Å². The Kier molecular flexibility index (Phi) is 20.9. The minimum Gasteiger partial charge on any atom is -0.0683 e. The fourth-order valence-corrected chi connectivity index (χ4v) is 2.37. The van der Waals surface area contributed by atoms with Crippen LogP contribution in [0.5, 0.6) is 0 Å². The lowest BCUT2D eigenvalue weighted by Gasteiger charge is -2.15. The van der Waals surface area contributed by atoms with E-state index in [2.05, 4.69) is 6.92 Å². The summed E-state index contributed by atoms with van der Waals surface area (Å²) in [5.41, 5.74) is 0. The van der Waals surface area contributed by atoms with E-state index in [-0.39, 0.29) is 0 Å². The van der Waals surface area contributed by atoms with Crippen molar-refractivity contribution in [2.24, 2.45) is 5.92 Å². The molecule has 0 unspecified atom stereocenters. The molecular weight excluding hydrogens is 204 g/mol. The van der Waals surface area contributed by atoms with Crippen LogP contribution in [0.25, 0.3) is 0 Å². The molecule has 0 bridgehead atoms. The summed E-state index contributed by atoms with van der Waals surface area (Å²) in [7, 11) is 0. The van der Waals surface area contributed by atoms with E-state index >= 15 is 0 Å². The van der Waals surface area contributed by atoms with Crippen LogP contribution in [-0.2, 0) is 0 Å². The van der Waals surface area contributed by atoms with Crippen LogP contribution < -0.4 is 0 Å². The van der Waals surface area contributed by atoms with Crippen molar-refractivity contribution in [3.05, 3.63) is 0 Å². The second-order valence-corrected chi connectivity index (χ2v) is 4.86. The summed E-state index contributed by atoms with van der Waals surface area (Å²) >= 11 is 0. The number of hydrogen-bond donors (Lipinski definition) is 0. The zero-order valence-electron chi connectivity index (χ0n) is 13.4. The summed E-state index contributed by atoms with van der Waals surface area (Å²) < 4.78 is 0. The molecule has 0 spiro atoms. The molecule has 0 nitrogen and oxygen atoms in total. The maximum absolute atomic E-state index is 2.36. The van der Waals surface area contributed by atoms with Gasteiger partial charge in [-0.25, -0.2) is 0 Å². The molecule has 0 heterocycles. The van der Waals surface area contributed by atoms with Crippen molar-refractivity contribution < 1.29 is 0 Å². The SMILES string of the molecule is C1CCCCC1.CC.CC.CC1CCCCC1. The van der Waals surface area contributed by atoms with Crippen LogP contribution in [0, 0.1) is 5.92 Å². The molecule has 0 saturated heterocycles. The van der Waals surface area contributed by atoms with Gasteiger partial charge in [0.15, 0.2) is 0 Å². The van der Waals surface area contributed by atoms with Crippen molar-refractivity contribution in [3.63, 3.8) is 0 Å². The van der Waals surface area contributed by atoms with Crippen LogP contribution in [0.3, 0.4) is 0 Å². The lowest BCUT2D eigenvalue weighted by atomic mass is 9.91. The topological polar surface area (TPSA) is 0 Å². The quantitative estimate of drug-likeness (QED) is 0.430. The normalized spacial score (nSPS) is 19.6. The third-order valence-electron chi connectivity index (χ3n) is 3.39. The predicted molar refractivity (Wildman–Crippen MR) is 82.6 cm³/mol. The summed E-state index contributed by atoms with van der Waals surface area (Å²) in [4.78, 5) is 0. The minimum absolute atomic E-state index is 1.04. The zero-order chi connectivity index (χ0) is 13.4. The molecule has 2 aliphatic rings. The molecule has 0 N–H and O–H groups in total. The highest BCUT2D eigenvalue weighted by molar-refractivity contribution is 4.59. The highest BCUT2D eigenvalue weighted by Gasteiger charge is 2.05. The minimum atomic E-state index is 1.04. The highest BCUT2D eigenvalue weighted by atomic mass is 14.1. The lowest BCUT2D eigenvalue weighted by Crippen LogP contribution is -1.99. The van der Waals surface area contributed by atoms with Gasteiger partial charge in [-0.3, -0.25) is 0 Å². The maximum Gasteiger partial charge on any atom is -0.0443 e. The first-order valence-electron chi connectivity index (χ1n) is 8.39. The first-order chi connectivity index (χ1) is 8.39. The van der Waals surface area contributed by atoms with Crippen molar-refractivity contribution in [1.82, 2.24) is 0 Å². The van der Waals surface area contributed by atoms with Gasteiger partial charge in [-0.15, -0.1) is 0 Å². The molecule has 0 radical (unpaired) electrons. The molecule has 0 atom stereocenters. The summed E-state index contributed by atoms with van der Waals surface area (Å²) in [6, 6.07) is 0. The molecular formula is C17H38. The van der Waals surface area contributed by atoms with Gasteiger partial charge < -0.3 is 0 Å². The van der Waals surface area contributed by atoms with Gasteiger partial charge in [0, 0.05) is 0 Å². The van der Waals surface area contributed by atoms with E-state index < -0.39 is 0 Å². The van der Waals surface area contributed by atoms with Crippen molar-refractivity contribution in [1.29, 1.82) is 0 Å². The van der Waals surface area contributed by atoms with Gasteiger partial charge >= 0.3 is 0 Å². The van der Waals surface area contributed by atoms with Gasteiger partial charge in [0.05, 0.1) is 0 Å². The molecule has 2 aliphatic carbocycles. The largest absolute Gasteiger partial charge is 0.0683 e. The first-order valence-corrected chi connectivity index (χ1v) is 8.39. The number of rotatable bonds is 0. The van der Waals surface area contributed by atoms with E-state index in [1.807, 2.05) is 27.7 Å². The predicted octanol–water partition coefficient (Wildman–Crippen LogP) is 6.98. The van der Waals surface area contributed by atoms with E-state index in [4.69, 9.17) is 0 Å². The Morgan fingerprint density at radius 1 is 0.471 bits per heavy atom. The molecule has 0 aromatic heterocycles. The zero-order valence-corrected chi connectivity index (χ0v) is 13.4. The highest BCUT2D eigenvalue weighted by Crippen LogP contribution is 2.22. The number of hydrogen-bond acceptors (Lipinski definition) is 0. The summed E-state index contributed by atoms with van der Waals surface area (Å²) in [5, 5.41) is 0. The lowest BCUT2D eigenvalue weighted by molar-refractivity contribution is 0.385. The summed E-state index contributed by atoms with van der Waals surface area (Å²) in [5.74, 6) is 1.04. The second-order valence-electron chi connectivity index (χ2n) is 4.86. The molecule has 0 heteroatoms. The Morgan fingerprint density at radius 3 is 0.882 bits per heavy atom. The third kappa shape index (κ3) is 16.0. The van der Waals surface area contributed by atoms with Crippen LogP contribution in [-0.4, -0.2) is 0 Å². The smallest absolute Gasteiger partial charge is 0.0443 e. The molecule has 0 aliphatic heterocycles. The molecule has 2 saturated carbocycles. The fraction of sp³-hybridized carbons (Fsp3) is 1.00. The average Bonchev–Trinajstić information content (AvgIpc) is 2.47. The van der Waals surface area contributed by atoms with E-state index in [0.29, 0.717) is 0 Å². The standard InChI is InChI=1S/C7H14.C6H12.2C2H6/c1-7-5-3-2-4-6-7;1-2-4-6-5-3-1;2*1-2/h7H,2-6H2,1H3;1-6H2;2*1-2H3. The second kappa shape index (κ2) is 18.4. The average molecular weight is 242 g/mol. The summed E-state index contributed by atoms with van der Waals surface area (Å²) in [6.07, 6.45) is 16.4. The molecule has 0 aromatic carbocycles. The third-order valence-corrected chi connectivity index (χ3v) is 3.39. The van der Waals surface area contributed by atoms with Gasteiger partial charge in [-0.05, 0) is 5.92 Å². The van der Waals surface area contributed by atoms with E-state index in [9.17, 15) is 0 Å². The Morgan fingerprint density at radius 2 is 0.706 bits per heavy atom. The van der Waals surface area contributed by atoms with E-state index in [1.165, 1.54) is 70.6 Å². The Labute approximate surface area is 112 Å². The van der Waals surface area contributed by atoms with Crippen molar-refractivity contribution in [3.8, 4) is 0 Å². The van der Waals surface area contributed by atoms with Gasteiger partial charge in [-0.2, -0.15) is 0 Å². The van der Waals surface area contributed by atoms with Crippen molar-refractivity contribution in [2.45, 2.75) is 105 Å².